The number of anilines is 1. The van der Waals surface area contributed by atoms with E-state index in [1.165, 1.54) is 5.56 Å². The van der Waals surface area contributed by atoms with Crippen LogP contribution in [-0.4, -0.2) is 29.5 Å². The second-order valence-corrected chi connectivity index (χ2v) is 8.09. The lowest BCUT2D eigenvalue weighted by Crippen LogP contribution is -2.47. The number of carboxylic acid groups (broad SMARTS) is 1. The number of hydrogen-bond donors (Lipinski definition) is 2. The molecule has 2 N–H and O–H groups in total. The second-order valence-electron chi connectivity index (χ2n) is 8.09. The molecule has 0 bridgehead atoms. The van der Waals surface area contributed by atoms with Crippen molar-refractivity contribution in [3.05, 3.63) is 94.5 Å². The van der Waals surface area contributed by atoms with E-state index in [1.54, 1.807) is 18.2 Å². The maximum absolute atomic E-state index is 12.2. The molecule has 1 aliphatic rings. The molecule has 158 valence electrons. The Morgan fingerprint density at radius 3 is 2.45 bits per heavy atom. The zero-order chi connectivity index (χ0) is 21.8. The minimum Gasteiger partial charge on any atom is -0.492 e. The number of aliphatic carboxylic acids is 1. The van der Waals surface area contributed by atoms with E-state index in [0.717, 1.165) is 23.0 Å². The highest BCUT2D eigenvalue weighted by Gasteiger charge is 2.44. The topological polar surface area (TPSA) is 75.6 Å². The number of nitrogens with one attached hydrogen (secondary N) is 1. The first-order valence-electron chi connectivity index (χ1n) is 10.3. The Kier molecular flexibility index (Phi) is 5.76. The molecule has 0 amide bonds. The van der Waals surface area contributed by atoms with Gasteiger partial charge in [-0.15, -0.1) is 0 Å². The van der Waals surface area contributed by atoms with Crippen LogP contribution in [-0.2, 0) is 24.1 Å². The van der Waals surface area contributed by atoms with Crippen molar-refractivity contribution >= 4 is 17.9 Å². The van der Waals surface area contributed by atoms with Crippen molar-refractivity contribution in [1.82, 2.24) is 0 Å². The Hall–Kier alpha value is -3.60. The molecule has 0 saturated heterocycles. The number of ether oxygens (including phenoxy) is 1. The quantitative estimate of drug-likeness (QED) is 0.531. The molecule has 0 aliphatic heterocycles. The molecule has 4 rings (SSSR count). The second kappa shape index (κ2) is 8.64. The van der Waals surface area contributed by atoms with Gasteiger partial charge < -0.3 is 15.2 Å². The van der Waals surface area contributed by atoms with Gasteiger partial charge in [0.25, 0.3) is 0 Å². The summed E-state index contributed by atoms with van der Waals surface area (Å²) < 4.78 is 5.91. The standard InChI is InChI=1S/C26H25NO4/c1-18-5-4-6-19(13-18)11-12-31-24-14-23(10-9-22(24)17-28)27-26(25(29)30)15-20-7-2-3-8-21(20)16-26/h2-10,13-14,17,27H,11-12,15-16H2,1H3,(H,29,30). The van der Waals surface area contributed by atoms with Gasteiger partial charge in [-0.05, 0) is 35.7 Å². The number of carboxylic acids is 1. The maximum Gasteiger partial charge on any atom is 0.330 e. The molecule has 5 nitrogen and oxygen atoms in total. The highest BCUT2D eigenvalue weighted by Crippen LogP contribution is 2.34. The summed E-state index contributed by atoms with van der Waals surface area (Å²) >= 11 is 0. The van der Waals surface area contributed by atoms with E-state index in [-0.39, 0.29) is 0 Å². The monoisotopic (exact) mass is 415 g/mol. The van der Waals surface area contributed by atoms with Crippen LogP contribution in [0.2, 0.25) is 0 Å². The van der Waals surface area contributed by atoms with Crippen molar-refractivity contribution in [2.45, 2.75) is 31.7 Å². The van der Waals surface area contributed by atoms with E-state index < -0.39 is 11.5 Å². The van der Waals surface area contributed by atoms with Crippen molar-refractivity contribution in [2.24, 2.45) is 0 Å². The molecule has 31 heavy (non-hydrogen) atoms. The molecule has 0 atom stereocenters. The van der Waals surface area contributed by atoms with E-state index in [4.69, 9.17) is 4.74 Å². The van der Waals surface area contributed by atoms with E-state index in [9.17, 15) is 14.7 Å². The van der Waals surface area contributed by atoms with E-state index in [0.29, 0.717) is 42.9 Å². The van der Waals surface area contributed by atoms with Gasteiger partial charge in [0.1, 0.15) is 11.3 Å². The fourth-order valence-corrected chi connectivity index (χ4v) is 4.17. The lowest BCUT2D eigenvalue weighted by molar-refractivity contribution is -0.142. The minimum absolute atomic E-state index is 0.400. The van der Waals surface area contributed by atoms with Crippen LogP contribution in [0.3, 0.4) is 0 Å². The molecule has 0 fully saturated rings. The maximum atomic E-state index is 12.2. The van der Waals surface area contributed by atoms with Gasteiger partial charge in [-0.1, -0.05) is 54.1 Å². The zero-order valence-corrected chi connectivity index (χ0v) is 17.4. The van der Waals surface area contributed by atoms with Crippen LogP contribution in [0, 0.1) is 6.92 Å². The van der Waals surface area contributed by atoms with Crippen molar-refractivity contribution in [3.63, 3.8) is 0 Å². The largest absolute Gasteiger partial charge is 0.492 e. The lowest BCUT2D eigenvalue weighted by Gasteiger charge is -2.27. The Bertz CT molecular complexity index is 1100. The SMILES string of the molecule is Cc1cccc(CCOc2cc(NC3(C(=O)O)Cc4ccccc4C3)ccc2C=O)c1. The Balaban J connectivity index is 1.51. The van der Waals surface area contributed by atoms with Gasteiger partial charge in [-0.2, -0.15) is 0 Å². The summed E-state index contributed by atoms with van der Waals surface area (Å²) in [6.07, 6.45) is 2.27. The van der Waals surface area contributed by atoms with Crippen molar-refractivity contribution in [3.8, 4) is 5.75 Å². The molecule has 0 spiro atoms. The average Bonchev–Trinajstić information content (AvgIpc) is 3.13. The van der Waals surface area contributed by atoms with Gasteiger partial charge in [0, 0.05) is 31.0 Å². The number of aryl methyl sites for hydroxylation is 1. The minimum atomic E-state index is -1.12. The van der Waals surface area contributed by atoms with Crippen LogP contribution in [0.1, 0.15) is 32.6 Å². The number of benzene rings is 3. The summed E-state index contributed by atoms with van der Waals surface area (Å²) in [5.41, 5.74) is 4.36. The van der Waals surface area contributed by atoms with Crippen LogP contribution >= 0.6 is 0 Å². The average molecular weight is 415 g/mol. The normalized spacial score (nSPS) is 14.0. The Morgan fingerprint density at radius 1 is 1.06 bits per heavy atom. The summed E-state index contributed by atoms with van der Waals surface area (Å²) in [5.74, 6) is -0.450. The molecular weight excluding hydrogens is 390 g/mol. The predicted molar refractivity (Wildman–Crippen MR) is 120 cm³/mol. The number of hydrogen-bond acceptors (Lipinski definition) is 4. The molecule has 3 aromatic carbocycles. The third kappa shape index (κ3) is 4.45. The highest BCUT2D eigenvalue weighted by atomic mass is 16.5. The van der Waals surface area contributed by atoms with Gasteiger partial charge >= 0.3 is 5.97 Å². The van der Waals surface area contributed by atoms with Crippen LogP contribution in [0.25, 0.3) is 0 Å². The summed E-state index contributed by atoms with van der Waals surface area (Å²) in [4.78, 5) is 23.7. The Labute approximate surface area is 181 Å². The number of carbonyl (C=O) groups excluding carboxylic acids is 1. The van der Waals surface area contributed by atoms with Crippen molar-refractivity contribution in [1.29, 1.82) is 0 Å². The van der Waals surface area contributed by atoms with Crippen molar-refractivity contribution in [2.75, 3.05) is 11.9 Å². The number of fused-ring (bicyclic) bond motifs is 1. The highest BCUT2D eigenvalue weighted by molar-refractivity contribution is 5.86. The van der Waals surface area contributed by atoms with Crippen LogP contribution in [0.5, 0.6) is 5.75 Å². The van der Waals surface area contributed by atoms with Gasteiger partial charge in [0.2, 0.25) is 0 Å². The number of aldehydes is 1. The van der Waals surface area contributed by atoms with E-state index in [2.05, 4.69) is 11.4 Å². The first-order valence-corrected chi connectivity index (χ1v) is 10.3. The summed E-state index contributed by atoms with van der Waals surface area (Å²) in [6, 6.07) is 21.1. The van der Waals surface area contributed by atoms with Crippen molar-refractivity contribution < 1.29 is 19.4 Å². The smallest absolute Gasteiger partial charge is 0.330 e. The van der Waals surface area contributed by atoms with E-state index in [1.807, 2.05) is 49.4 Å². The number of rotatable bonds is 8. The molecule has 0 saturated carbocycles. The van der Waals surface area contributed by atoms with E-state index >= 15 is 0 Å². The molecule has 5 heteroatoms. The third-order valence-electron chi connectivity index (χ3n) is 5.77. The molecular formula is C26H25NO4. The van der Waals surface area contributed by atoms with Gasteiger partial charge in [-0.3, -0.25) is 4.79 Å². The van der Waals surface area contributed by atoms with Crippen LogP contribution in [0.4, 0.5) is 5.69 Å². The molecule has 0 unspecified atom stereocenters. The fraction of sp³-hybridized carbons (Fsp3) is 0.231. The molecule has 0 radical (unpaired) electrons. The zero-order valence-electron chi connectivity index (χ0n) is 17.4. The van der Waals surface area contributed by atoms with Gasteiger partial charge in [0.05, 0.1) is 12.2 Å². The van der Waals surface area contributed by atoms with Gasteiger partial charge in [0.15, 0.2) is 6.29 Å². The van der Waals surface area contributed by atoms with Gasteiger partial charge in [-0.25, -0.2) is 4.79 Å². The van der Waals surface area contributed by atoms with Crippen LogP contribution in [0.15, 0.2) is 66.7 Å². The summed E-state index contributed by atoms with van der Waals surface area (Å²) in [6.45, 7) is 2.47. The predicted octanol–water partition coefficient (Wildman–Crippen LogP) is 4.46. The lowest BCUT2D eigenvalue weighted by atomic mass is 9.95. The molecule has 0 heterocycles. The Morgan fingerprint density at radius 2 is 1.81 bits per heavy atom. The number of carbonyl (C=O) groups is 2. The van der Waals surface area contributed by atoms with Crippen LogP contribution < -0.4 is 10.1 Å². The molecule has 1 aliphatic carbocycles. The summed E-state index contributed by atoms with van der Waals surface area (Å²) in [5, 5.41) is 13.2. The molecule has 3 aromatic rings. The summed E-state index contributed by atoms with van der Waals surface area (Å²) in [7, 11) is 0. The first kappa shape index (κ1) is 20.7. The first-order chi connectivity index (χ1) is 15.0. The fourth-order valence-electron chi connectivity index (χ4n) is 4.17. The third-order valence-corrected chi connectivity index (χ3v) is 5.77. The molecule has 0 aromatic heterocycles.